The maximum Gasteiger partial charge on any atom is 0.211 e. The van der Waals surface area contributed by atoms with Gasteiger partial charge in [-0.05, 0) is 44.2 Å². The van der Waals surface area contributed by atoms with Crippen molar-refractivity contribution in [3.05, 3.63) is 0 Å². The molecule has 2 aliphatic rings. The number of hydrogen-bond donors (Lipinski definition) is 1. The fourth-order valence-corrected chi connectivity index (χ4v) is 4.06. The summed E-state index contributed by atoms with van der Waals surface area (Å²) in [5.74, 6) is 1.13. The molecule has 2 fully saturated rings. The maximum atomic E-state index is 11.6. The molecule has 2 saturated heterocycles. The van der Waals surface area contributed by atoms with Crippen molar-refractivity contribution in [2.45, 2.75) is 19.3 Å². The Morgan fingerprint density at radius 1 is 1.16 bits per heavy atom. The van der Waals surface area contributed by atoms with Gasteiger partial charge >= 0.3 is 0 Å². The number of sulfonamides is 1. The van der Waals surface area contributed by atoms with Gasteiger partial charge in [0, 0.05) is 26.2 Å². The van der Waals surface area contributed by atoms with Crippen LogP contribution in [0.3, 0.4) is 0 Å². The van der Waals surface area contributed by atoms with Crippen LogP contribution in [0.15, 0.2) is 0 Å². The molecule has 114 valence electrons. The molecule has 0 spiro atoms. The summed E-state index contributed by atoms with van der Waals surface area (Å²) in [7, 11) is -3.01. The normalized spacial score (nSPS) is 30.2. The summed E-state index contributed by atoms with van der Waals surface area (Å²) in [6.07, 6.45) is 4.65. The van der Waals surface area contributed by atoms with Crippen LogP contribution >= 0.6 is 12.4 Å². The first kappa shape index (κ1) is 17.2. The predicted molar refractivity (Wildman–Crippen MR) is 80.0 cm³/mol. The highest BCUT2D eigenvalue weighted by molar-refractivity contribution is 7.88. The molecule has 0 amide bonds. The molecule has 2 atom stereocenters. The Morgan fingerprint density at radius 3 is 2.47 bits per heavy atom. The largest absolute Gasteiger partial charge is 0.330 e. The summed E-state index contributed by atoms with van der Waals surface area (Å²) >= 11 is 0. The zero-order valence-electron chi connectivity index (χ0n) is 11.6. The quantitative estimate of drug-likeness (QED) is 0.814. The fraction of sp³-hybridized carbons (Fsp3) is 1.00. The average molecular weight is 312 g/mol. The lowest BCUT2D eigenvalue weighted by molar-refractivity contribution is 0.197. The van der Waals surface area contributed by atoms with Crippen molar-refractivity contribution in [1.82, 2.24) is 9.21 Å². The van der Waals surface area contributed by atoms with Gasteiger partial charge in [0.25, 0.3) is 0 Å². The topological polar surface area (TPSA) is 66.6 Å². The summed E-state index contributed by atoms with van der Waals surface area (Å²) in [4.78, 5) is 2.45. The van der Waals surface area contributed by atoms with Crippen LogP contribution in [0.2, 0.25) is 0 Å². The van der Waals surface area contributed by atoms with E-state index in [9.17, 15) is 8.42 Å². The Morgan fingerprint density at radius 2 is 1.89 bits per heavy atom. The van der Waals surface area contributed by atoms with E-state index in [4.69, 9.17) is 5.73 Å². The average Bonchev–Trinajstić information content (AvgIpc) is 2.76. The van der Waals surface area contributed by atoms with E-state index in [1.807, 2.05) is 0 Å². The van der Waals surface area contributed by atoms with Crippen LogP contribution < -0.4 is 5.73 Å². The first-order chi connectivity index (χ1) is 8.49. The van der Waals surface area contributed by atoms with Gasteiger partial charge in [-0.15, -0.1) is 12.4 Å². The first-order valence-corrected chi connectivity index (χ1v) is 8.71. The maximum absolute atomic E-state index is 11.6. The monoisotopic (exact) mass is 311 g/mol. The molecular weight excluding hydrogens is 286 g/mol. The van der Waals surface area contributed by atoms with E-state index in [1.54, 1.807) is 4.31 Å². The van der Waals surface area contributed by atoms with Crippen molar-refractivity contribution in [2.24, 2.45) is 17.6 Å². The molecule has 0 saturated carbocycles. The van der Waals surface area contributed by atoms with Gasteiger partial charge in [0.1, 0.15) is 0 Å². The van der Waals surface area contributed by atoms with Gasteiger partial charge in [-0.1, -0.05) is 0 Å². The molecule has 2 heterocycles. The molecule has 2 N–H and O–H groups in total. The second kappa shape index (κ2) is 7.22. The number of nitrogens with zero attached hydrogens (tertiary/aromatic N) is 2. The van der Waals surface area contributed by atoms with Crippen LogP contribution in [0.5, 0.6) is 0 Å². The third-order valence-electron chi connectivity index (χ3n) is 4.17. The molecule has 0 radical (unpaired) electrons. The highest BCUT2D eigenvalue weighted by Gasteiger charge is 2.29. The van der Waals surface area contributed by atoms with Gasteiger partial charge in [-0.3, -0.25) is 0 Å². The number of hydrogen-bond acceptors (Lipinski definition) is 4. The Balaban J connectivity index is 0.00000180. The van der Waals surface area contributed by atoms with Crippen LogP contribution in [0.4, 0.5) is 0 Å². The van der Waals surface area contributed by atoms with Crippen molar-refractivity contribution < 1.29 is 8.42 Å². The molecule has 7 heteroatoms. The van der Waals surface area contributed by atoms with Crippen molar-refractivity contribution in [1.29, 1.82) is 0 Å². The third kappa shape index (κ3) is 4.86. The zero-order valence-corrected chi connectivity index (χ0v) is 13.3. The van der Waals surface area contributed by atoms with E-state index >= 15 is 0 Å². The van der Waals surface area contributed by atoms with E-state index in [0.717, 1.165) is 39.0 Å². The van der Waals surface area contributed by atoms with E-state index in [0.29, 0.717) is 24.9 Å². The fourth-order valence-electron chi connectivity index (χ4n) is 3.11. The standard InChI is InChI=1S/C12H25N3O2S.ClH/c1-18(16,17)15-5-2-3-12(10-15)9-14-6-4-11(7-13)8-14;/h11-12H,2-10,13H2,1H3;1H. The Labute approximate surface area is 123 Å². The minimum absolute atomic E-state index is 0. The second-order valence-corrected chi connectivity index (χ2v) is 7.76. The highest BCUT2D eigenvalue weighted by Crippen LogP contribution is 2.22. The summed E-state index contributed by atoms with van der Waals surface area (Å²) < 4.78 is 24.8. The van der Waals surface area contributed by atoms with E-state index in [1.165, 1.54) is 12.7 Å². The van der Waals surface area contributed by atoms with Crippen molar-refractivity contribution >= 4 is 22.4 Å². The van der Waals surface area contributed by atoms with Crippen molar-refractivity contribution in [3.63, 3.8) is 0 Å². The van der Waals surface area contributed by atoms with Gasteiger partial charge in [-0.25, -0.2) is 12.7 Å². The number of rotatable bonds is 4. The molecule has 0 aromatic carbocycles. The van der Waals surface area contributed by atoms with Gasteiger partial charge in [-0.2, -0.15) is 0 Å². The summed E-state index contributed by atoms with van der Waals surface area (Å²) in [5, 5.41) is 0. The number of nitrogens with two attached hydrogens (primary N) is 1. The summed E-state index contributed by atoms with van der Waals surface area (Å²) in [6, 6.07) is 0. The Hall–Kier alpha value is 0.120. The van der Waals surface area contributed by atoms with Crippen LogP contribution in [0.25, 0.3) is 0 Å². The van der Waals surface area contributed by atoms with Gasteiger partial charge < -0.3 is 10.6 Å². The van der Waals surface area contributed by atoms with Gasteiger partial charge in [0.2, 0.25) is 10.0 Å². The molecular formula is C12H26ClN3O2S. The Bertz CT molecular complexity index is 377. The minimum atomic E-state index is -3.01. The van der Waals surface area contributed by atoms with Gasteiger partial charge in [0.05, 0.1) is 6.26 Å². The van der Waals surface area contributed by atoms with E-state index in [2.05, 4.69) is 4.90 Å². The SMILES string of the molecule is CS(=O)(=O)N1CCCC(CN2CCC(CN)C2)C1.Cl. The number of piperidine rings is 1. The molecule has 2 unspecified atom stereocenters. The van der Waals surface area contributed by atoms with Crippen molar-refractivity contribution in [3.8, 4) is 0 Å². The van der Waals surface area contributed by atoms with Crippen LogP contribution in [0, 0.1) is 11.8 Å². The van der Waals surface area contributed by atoms with E-state index < -0.39 is 10.0 Å². The predicted octanol–water partition coefficient (Wildman–Crippen LogP) is 0.360. The van der Waals surface area contributed by atoms with Gasteiger partial charge in [0.15, 0.2) is 0 Å². The van der Waals surface area contributed by atoms with Crippen LogP contribution in [-0.4, -0.2) is 63.1 Å². The minimum Gasteiger partial charge on any atom is -0.330 e. The lowest BCUT2D eigenvalue weighted by Gasteiger charge is -2.33. The van der Waals surface area contributed by atoms with Crippen LogP contribution in [-0.2, 0) is 10.0 Å². The second-order valence-electron chi connectivity index (χ2n) is 5.78. The zero-order chi connectivity index (χ0) is 13.2. The number of halogens is 1. The molecule has 0 aliphatic carbocycles. The molecule has 2 aliphatic heterocycles. The smallest absolute Gasteiger partial charge is 0.211 e. The lowest BCUT2D eigenvalue weighted by atomic mass is 9.99. The molecule has 0 aromatic heterocycles. The Kier molecular flexibility index (Phi) is 6.53. The van der Waals surface area contributed by atoms with Crippen LogP contribution in [0.1, 0.15) is 19.3 Å². The highest BCUT2D eigenvalue weighted by atomic mass is 35.5. The first-order valence-electron chi connectivity index (χ1n) is 6.86. The summed E-state index contributed by atoms with van der Waals surface area (Å²) in [6.45, 7) is 5.41. The number of likely N-dealkylation sites (tertiary alicyclic amines) is 1. The lowest BCUT2D eigenvalue weighted by Crippen LogP contribution is -2.43. The molecule has 0 bridgehead atoms. The molecule has 0 aromatic rings. The van der Waals surface area contributed by atoms with E-state index in [-0.39, 0.29) is 12.4 Å². The summed E-state index contributed by atoms with van der Waals surface area (Å²) in [5.41, 5.74) is 5.69. The third-order valence-corrected chi connectivity index (χ3v) is 5.44. The molecule has 5 nitrogen and oxygen atoms in total. The molecule has 2 rings (SSSR count). The molecule has 19 heavy (non-hydrogen) atoms. The van der Waals surface area contributed by atoms with Crippen molar-refractivity contribution in [2.75, 3.05) is 45.5 Å².